The van der Waals surface area contributed by atoms with Gasteiger partial charge in [0, 0.05) is 11.8 Å². The topological polar surface area (TPSA) is 87.7 Å². The Morgan fingerprint density at radius 3 is 2.03 bits per heavy atom. The van der Waals surface area contributed by atoms with Crippen LogP contribution in [0.25, 0.3) is 10.8 Å². The molecule has 0 saturated carbocycles. The number of anilines is 3. The van der Waals surface area contributed by atoms with E-state index in [9.17, 15) is 14.7 Å². The Hall–Kier alpha value is -5.10. The summed E-state index contributed by atoms with van der Waals surface area (Å²) in [6, 6.07) is 35.1. The molecule has 0 aliphatic carbocycles. The van der Waals surface area contributed by atoms with Gasteiger partial charge in [-0.15, -0.1) is 0 Å². The molecule has 5 aromatic carbocycles. The van der Waals surface area contributed by atoms with Crippen molar-refractivity contribution in [2.75, 3.05) is 10.6 Å². The predicted octanol–water partition coefficient (Wildman–Crippen LogP) is 7.11. The first-order valence-corrected chi connectivity index (χ1v) is 11.8. The molecule has 182 valence electrons. The number of carboxylic acids is 1. The zero-order valence-corrected chi connectivity index (χ0v) is 19.8. The van der Waals surface area contributed by atoms with E-state index in [-0.39, 0.29) is 11.3 Å². The van der Waals surface area contributed by atoms with Gasteiger partial charge < -0.3 is 20.5 Å². The molecule has 1 amide bonds. The van der Waals surface area contributed by atoms with Gasteiger partial charge >= 0.3 is 5.97 Å². The normalized spacial score (nSPS) is 10.6. The number of hydrogen-bond donors (Lipinski definition) is 3. The van der Waals surface area contributed by atoms with Gasteiger partial charge in [-0.1, -0.05) is 72.8 Å². The monoisotopic (exact) mass is 488 g/mol. The van der Waals surface area contributed by atoms with Crippen LogP contribution in [0.2, 0.25) is 0 Å². The molecule has 0 atom stereocenters. The number of amides is 1. The molecule has 0 heterocycles. The highest BCUT2D eigenvalue weighted by atomic mass is 16.5. The quantitative estimate of drug-likeness (QED) is 0.217. The Kier molecular flexibility index (Phi) is 6.81. The molecule has 0 aliphatic heterocycles. The van der Waals surface area contributed by atoms with Crippen molar-refractivity contribution >= 4 is 39.7 Å². The van der Waals surface area contributed by atoms with Gasteiger partial charge in [0.25, 0.3) is 5.91 Å². The van der Waals surface area contributed by atoms with Crippen molar-refractivity contribution in [1.82, 2.24) is 0 Å². The maximum Gasteiger partial charge on any atom is 0.337 e. The van der Waals surface area contributed by atoms with E-state index in [4.69, 9.17) is 4.74 Å². The first-order valence-electron chi connectivity index (χ1n) is 11.8. The van der Waals surface area contributed by atoms with Crippen LogP contribution >= 0.6 is 0 Å². The Labute approximate surface area is 214 Å². The van der Waals surface area contributed by atoms with E-state index in [1.807, 2.05) is 84.9 Å². The first kappa shape index (κ1) is 23.6. The van der Waals surface area contributed by atoms with E-state index < -0.39 is 11.9 Å². The van der Waals surface area contributed by atoms with Crippen LogP contribution in [-0.2, 0) is 6.61 Å². The van der Waals surface area contributed by atoms with Crippen molar-refractivity contribution in [3.8, 4) is 5.75 Å². The summed E-state index contributed by atoms with van der Waals surface area (Å²) >= 11 is 0. The highest BCUT2D eigenvalue weighted by molar-refractivity contribution is 6.12. The zero-order chi connectivity index (χ0) is 25.6. The molecule has 0 saturated heterocycles. The van der Waals surface area contributed by atoms with Crippen LogP contribution in [-0.4, -0.2) is 17.0 Å². The highest BCUT2D eigenvalue weighted by Gasteiger charge is 2.18. The van der Waals surface area contributed by atoms with Crippen LogP contribution in [0.1, 0.15) is 26.3 Å². The minimum absolute atomic E-state index is 0.0208. The molecular weight excluding hydrogens is 464 g/mol. The maximum atomic E-state index is 13.4. The third-order valence-electron chi connectivity index (χ3n) is 5.90. The second-order valence-electron chi connectivity index (χ2n) is 8.48. The van der Waals surface area contributed by atoms with Gasteiger partial charge in [0.05, 0.1) is 22.5 Å². The molecular formula is C31H24N2O4. The molecule has 5 aromatic rings. The minimum Gasteiger partial charge on any atom is -0.489 e. The summed E-state index contributed by atoms with van der Waals surface area (Å²) in [6.45, 7) is 0.385. The number of rotatable bonds is 8. The Morgan fingerprint density at radius 2 is 1.32 bits per heavy atom. The first-order chi connectivity index (χ1) is 18.1. The molecule has 3 N–H and O–H groups in total. The summed E-state index contributed by atoms with van der Waals surface area (Å²) in [4.78, 5) is 25.4. The summed E-state index contributed by atoms with van der Waals surface area (Å²) in [5, 5.41) is 17.5. The van der Waals surface area contributed by atoms with Gasteiger partial charge in [-0.3, -0.25) is 4.79 Å². The number of nitrogens with one attached hydrogen (secondary N) is 2. The van der Waals surface area contributed by atoms with Crippen LogP contribution < -0.4 is 15.4 Å². The van der Waals surface area contributed by atoms with Crippen LogP contribution in [0.4, 0.5) is 17.1 Å². The number of ether oxygens (including phenoxy) is 1. The molecule has 0 radical (unpaired) electrons. The Morgan fingerprint density at radius 1 is 0.676 bits per heavy atom. The van der Waals surface area contributed by atoms with Crippen molar-refractivity contribution in [3.05, 3.63) is 132 Å². The smallest absolute Gasteiger partial charge is 0.337 e. The average Bonchev–Trinajstić information content (AvgIpc) is 2.92. The fourth-order valence-corrected chi connectivity index (χ4v) is 4.04. The standard InChI is InChI=1S/C31H24N2O4/c34-30(33-28-18-23-12-8-7-11-22(23)17-27(28)31(35)36)26-16-15-25(37-20-21-9-3-1-4-10-21)19-29(26)32-24-13-5-2-6-14-24/h1-19,32H,20H2,(H,33,34)(H,35,36). The van der Waals surface area contributed by atoms with E-state index in [0.29, 0.717) is 23.6 Å². The number of para-hydroxylation sites is 1. The van der Waals surface area contributed by atoms with E-state index in [1.54, 1.807) is 30.3 Å². The molecule has 0 spiro atoms. The van der Waals surface area contributed by atoms with Crippen molar-refractivity contribution in [3.63, 3.8) is 0 Å². The lowest BCUT2D eigenvalue weighted by Crippen LogP contribution is -2.16. The third-order valence-corrected chi connectivity index (χ3v) is 5.90. The van der Waals surface area contributed by atoms with E-state index in [2.05, 4.69) is 10.6 Å². The van der Waals surface area contributed by atoms with Gasteiger partial charge in [0.1, 0.15) is 12.4 Å². The summed E-state index contributed by atoms with van der Waals surface area (Å²) in [6.07, 6.45) is 0. The van der Waals surface area contributed by atoms with Crippen LogP contribution in [0.5, 0.6) is 5.75 Å². The van der Waals surface area contributed by atoms with Gasteiger partial charge in [0.15, 0.2) is 0 Å². The van der Waals surface area contributed by atoms with Crippen LogP contribution in [0.3, 0.4) is 0 Å². The fourth-order valence-electron chi connectivity index (χ4n) is 4.04. The second kappa shape index (κ2) is 10.7. The largest absolute Gasteiger partial charge is 0.489 e. The summed E-state index contributed by atoms with van der Waals surface area (Å²) < 4.78 is 5.97. The number of carbonyl (C=O) groups is 2. The van der Waals surface area contributed by atoms with Gasteiger partial charge in [-0.05, 0) is 52.7 Å². The lowest BCUT2D eigenvalue weighted by molar-refractivity contribution is 0.0698. The van der Waals surface area contributed by atoms with Crippen molar-refractivity contribution in [2.45, 2.75) is 6.61 Å². The number of carbonyl (C=O) groups excluding carboxylic acids is 1. The SMILES string of the molecule is O=C(O)c1cc2ccccc2cc1NC(=O)c1ccc(OCc2ccccc2)cc1Nc1ccccc1. The van der Waals surface area contributed by atoms with Crippen molar-refractivity contribution in [2.24, 2.45) is 0 Å². The molecule has 0 aliphatic rings. The lowest BCUT2D eigenvalue weighted by atomic mass is 10.0. The molecule has 6 nitrogen and oxygen atoms in total. The predicted molar refractivity (Wildman–Crippen MR) is 146 cm³/mol. The fraction of sp³-hybridized carbons (Fsp3) is 0.0323. The third kappa shape index (κ3) is 5.60. The molecule has 6 heteroatoms. The molecule has 0 aromatic heterocycles. The summed E-state index contributed by atoms with van der Waals surface area (Å²) in [7, 11) is 0. The lowest BCUT2D eigenvalue weighted by Gasteiger charge is -2.16. The highest BCUT2D eigenvalue weighted by Crippen LogP contribution is 2.29. The summed E-state index contributed by atoms with van der Waals surface area (Å²) in [5.74, 6) is -0.963. The van der Waals surface area contributed by atoms with Gasteiger partial charge in [0.2, 0.25) is 0 Å². The van der Waals surface area contributed by atoms with Gasteiger partial charge in [-0.25, -0.2) is 4.79 Å². The van der Waals surface area contributed by atoms with Crippen LogP contribution in [0.15, 0.2) is 115 Å². The van der Waals surface area contributed by atoms with E-state index >= 15 is 0 Å². The van der Waals surface area contributed by atoms with Crippen molar-refractivity contribution < 1.29 is 19.4 Å². The molecule has 37 heavy (non-hydrogen) atoms. The molecule has 5 rings (SSSR count). The van der Waals surface area contributed by atoms with E-state index in [1.165, 1.54) is 0 Å². The summed E-state index contributed by atoms with van der Waals surface area (Å²) in [5.41, 5.74) is 2.96. The Balaban J connectivity index is 1.46. The molecule has 0 fully saturated rings. The van der Waals surface area contributed by atoms with Crippen molar-refractivity contribution in [1.29, 1.82) is 0 Å². The number of carboxylic acid groups (broad SMARTS) is 1. The molecule has 0 bridgehead atoms. The number of aromatic carboxylic acids is 1. The zero-order valence-electron chi connectivity index (χ0n) is 19.8. The number of fused-ring (bicyclic) bond motifs is 1. The second-order valence-corrected chi connectivity index (χ2v) is 8.48. The van der Waals surface area contributed by atoms with E-state index in [0.717, 1.165) is 22.0 Å². The average molecular weight is 489 g/mol. The van der Waals surface area contributed by atoms with Crippen LogP contribution in [0, 0.1) is 0 Å². The molecule has 0 unspecified atom stereocenters. The Bertz CT molecular complexity index is 1570. The number of hydrogen-bond acceptors (Lipinski definition) is 4. The maximum absolute atomic E-state index is 13.4. The van der Waals surface area contributed by atoms with Gasteiger partial charge in [-0.2, -0.15) is 0 Å². The minimum atomic E-state index is -1.12. The number of benzene rings is 5.